The van der Waals surface area contributed by atoms with Crippen molar-refractivity contribution in [2.24, 2.45) is 14.1 Å². The van der Waals surface area contributed by atoms with Crippen molar-refractivity contribution in [3.63, 3.8) is 0 Å². The summed E-state index contributed by atoms with van der Waals surface area (Å²) in [5.74, 6) is 1.05. The maximum atomic E-state index is 13.0. The highest BCUT2D eigenvalue weighted by Gasteiger charge is 2.26. The molecule has 34 heavy (non-hydrogen) atoms. The molecule has 0 N–H and O–H groups in total. The minimum atomic E-state index is -0.373. The van der Waals surface area contributed by atoms with E-state index in [0.717, 1.165) is 23.2 Å². The van der Waals surface area contributed by atoms with Gasteiger partial charge >= 0.3 is 5.69 Å². The van der Waals surface area contributed by atoms with E-state index in [-0.39, 0.29) is 17.2 Å². The van der Waals surface area contributed by atoms with E-state index in [4.69, 9.17) is 9.40 Å². The fraction of sp³-hybridized carbons (Fsp3) is 0.583. The molecule has 0 radical (unpaired) electrons. The van der Waals surface area contributed by atoms with Crippen LogP contribution >= 0.6 is 0 Å². The number of nitrogens with zero attached hydrogens (tertiary/aromatic N) is 6. The average Bonchev–Trinajstić information content (AvgIpc) is 3.50. The number of carbonyl (C=O) groups excluding carboxylic acids is 1. The first-order chi connectivity index (χ1) is 16.4. The SMILES string of the molecule is CCCCCCCn1c(CN2CCN(C(=O)c3ccco3)CC2)nc2c1c(=O)n(C)c(=O)n2C. The first-order valence-corrected chi connectivity index (χ1v) is 12.1. The number of imidazole rings is 1. The van der Waals surface area contributed by atoms with Gasteiger partial charge in [0.15, 0.2) is 16.9 Å². The first kappa shape index (κ1) is 24.0. The summed E-state index contributed by atoms with van der Waals surface area (Å²) < 4.78 is 9.86. The standard InChI is InChI=1S/C24H34N6O4/c1-4-5-6-7-8-11-30-19(25-21-20(30)23(32)27(3)24(33)26(21)2)17-28-12-14-29(15-13-28)22(31)18-10-9-16-34-18/h9-10,16H,4-8,11-15,17H2,1-3H3. The highest BCUT2D eigenvalue weighted by molar-refractivity contribution is 5.91. The molecule has 1 saturated heterocycles. The van der Waals surface area contributed by atoms with Crippen molar-refractivity contribution in [1.29, 1.82) is 0 Å². The number of carbonyl (C=O) groups is 1. The minimum Gasteiger partial charge on any atom is -0.459 e. The van der Waals surface area contributed by atoms with Crippen LogP contribution in [0.1, 0.15) is 55.4 Å². The van der Waals surface area contributed by atoms with Crippen molar-refractivity contribution in [3.8, 4) is 0 Å². The topological polar surface area (TPSA) is 98.5 Å². The van der Waals surface area contributed by atoms with E-state index in [2.05, 4.69) is 11.8 Å². The van der Waals surface area contributed by atoms with E-state index in [1.54, 1.807) is 24.1 Å². The van der Waals surface area contributed by atoms with E-state index in [1.807, 2.05) is 4.57 Å². The molecule has 0 aromatic carbocycles. The van der Waals surface area contributed by atoms with Crippen molar-refractivity contribution in [1.82, 2.24) is 28.5 Å². The fourth-order valence-corrected chi connectivity index (χ4v) is 4.59. The van der Waals surface area contributed by atoms with Crippen LogP contribution < -0.4 is 11.2 Å². The Bertz CT molecular complexity index is 1250. The Morgan fingerprint density at radius 3 is 2.44 bits per heavy atom. The summed E-state index contributed by atoms with van der Waals surface area (Å²) in [7, 11) is 3.17. The molecule has 1 aliphatic heterocycles. The van der Waals surface area contributed by atoms with Crippen LogP contribution in [0.4, 0.5) is 0 Å². The molecule has 0 aliphatic carbocycles. The van der Waals surface area contributed by atoms with E-state index in [0.29, 0.717) is 56.2 Å². The van der Waals surface area contributed by atoms with Crippen LogP contribution in [-0.2, 0) is 27.2 Å². The van der Waals surface area contributed by atoms with Gasteiger partial charge in [-0.25, -0.2) is 9.78 Å². The van der Waals surface area contributed by atoms with Crippen molar-refractivity contribution < 1.29 is 9.21 Å². The molecule has 0 saturated carbocycles. The number of unbranched alkanes of at least 4 members (excludes halogenated alkanes) is 4. The number of hydrogen-bond acceptors (Lipinski definition) is 6. The summed E-state index contributed by atoms with van der Waals surface area (Å²) in [5.41, 5.74) is 0.242. The predicted octanol–water partition coefficient (Wildman–Crippen LogP) is 1.96. The fourth-order valence-electron chi connectivity index (χ4n) is 4.59. The molecule has 3 aromatic rings. The zero-order chi connectivity index (χ0) is 24.2. The van der Waals surface area contributed by atoms with Crippen LogP contribution in [-0.4, -0.2) is 60.6 Å². The third kappa shape index (κ3) is 4.72. The number of aromatic nitrogens is 4. The van der Waals surface area contributed by atoms with E-state index >= 15 is 0 Å². The Hall–Kier alpha value is -3.14. The quantitative estimate of drug-likeness (QED) is 0.444. The number of fused-ring (bicyclic) bond motifs is 1. The summed E-state index contributed by atoms with van der Waals surface area (Å²) >= 11 is 0. The Morgan fingerprint density at radius 1 is 1.03 bits per heavy atom. The molecule has 4 rings (SSSR count). The van der Waals surface area contributed by atoms with Gasteiger partial charge in [0.1, 0.15) is 5.82 Å². The molecule has 184 valence electrons. The Labute approximate surface area is 198 Å². The molecule has 3 aromatic heterocycles. The third-order valence-electron chi connectivity index (χ3n) is 6.67. The van der Waals surface area contributed by atoms with Gasteiger partial charge in [-0.15, -0.1) is 0 Å². The number of furan rings is 1. The maximum absolute atomic E-state index is 13.0. The lowest BCUT2D eigenvalue weighted by Gasteiger charge is -2.34. The maximum Gasteiger partial charge on any atom is 0.332 e. The van der Waals surface area contributed by atoms with Gasteiger partial charge in [0.2, 0.25) is 0 Å². The first-order valence-electron chi connectivity index (χ1n) is 12.1. The van der Waals surface area contributed by atoms with E-state index in [9.17, 15) is 14.4 Å². The lowest BCUT2D eigenvalue weighted by molar-refractivity contribution is 0.0593. The normalized spacial score (nSPS) is 14.9. The number of aryl methyl sites for hydroxylation is 2. The van der Waals surface area contributed by atoms with Gasteiger partial charge in [-0.1, -0.05) is 32.6 Å². The Balaban J connectivity index is 1.54. The number of amides is 1. The molecular formula is C24H34N6O4. The molecular weight excluding hydrogens is 436 g/mol. The number of hydrogen-bond donors (Lipinski definition) is 0. The molecule has 10 nitrogen and oxygen atoms in total. The van der Waals surface area contributed by atoms with Gasteiger partial charge in [-0.3, -0.25) is 23.6 Å². The van der Waals surface area contributed by atoms with Crippen molar-refractivity contribution in [2.45, 2.75) is 52.1 Å². The van der Waals surface area contributed by atoms with Crippen LogP contribution in [0.2, 0.25) is 0 Å². The van der Waals surface area contributed by atoms with Gasteiger partial charge in [-0.05, 0) is 18.6 Å². The second kappa shape index (κ2) is 10.4. The second-order valence-electron chi connectivity index (χ2n) is 9.02. The molecule has 0 atom stereocenters. The van der Waals surface area contributed by atoms with Crippen LogP contribution in [0.25, 0.3) is 11.2 Å². The molecule has 1 amide bonds. The molecule has 4 heterocycles. The van der Waals surface area contributed by atoms with Crippen LogP contribution in [0.15, 0.2) is 32.4 Å². The molecule has 10 heteroatoms. The average molecular weight is 471 g/mol. The number of rotatable bonds is 9. The summed E-state index contributed by atoms with van der Waals surface area (Å²) in [4.78, 5) is 46.8. The van der Waals surface area contributed by atoms with Gasteiger partial charge in [0.25, 0.3) is 11.5 Å². The number of piperazine rings is 1. The summed E-state index contributed by atoms with van der Waals surface area (Å²) in [6, 6.07) is 3.40. The van der Waals surface area contributed by atoms with Gasteiger partial charge < -0.3 is 13.9 Å². The van der Waals surface area contributed by atoms with Crippen molar-refractivity contribution in [3.05, 3.63) is 50.8 Å². The summed E-state index contributed by atoms with van der Waals surface area (Å²) in [6.45, 7) is 6.03. The lowest BCUT2D eigenvalue weighted by atomic mass is 10.1. The summed E-state index contributed by atoms with van der Waals surface area (Å²) in [6.07, 6.45) is 7.10. The highest BCUT2D eigenvalue weighted by atomic mass is 16.3. The smallest absolute Gasteiger partial charge is 0.332 e. The van der Waals surface area contributed by atoms with Gasteiger partial charge in [0.05, 0.1) is 12.8 Å². The minimum absolute atomic E-state index is 0.0949. The highest BCUT2D eigenvalue weighted by Crippen LogP contribution is 2.17. The zero-order valence-electron chi connectivity index (χ0n) is 20.3. The Kier molecular flexibility index (Phi) is 7.35. The summed E-state index contributed by atoms with van der Waals surface area (Å²) in [5, 5.41) is 0. The second-order valence-corrected chi connectivity index (χ2v) is 9.02. The largest absolute Gasteiger partial charge is 0.459 e. The van der Waals surface area contributed by atoms with Crippen molar-refractivity contribution in [2.75, 3.05) is 26.2 Å². The zero-order valence-corrected chi connectivity index (χ0v) is 20.3. The molecule has 0 spiro atoms. The van der Waals surface area contributed by atoms with Crippen LogP contribution in [0.5, 0.6) is 0 Å². The van der Waals surface area contributed by atoms with Gasteiger partial charge in [-0.2, -0.15) is 0 Å². The van der Waals surface area contributed by atoms with Crippen LogP contribution in [0.3, 0.4) is 0 Å². The van der Waals surface area contributed by atoms with E-state index in [1.165, 1.54) is 37.1 Å². The third-order valence-corrected chi connectivity index (χ3v) is 6.67. The Morgan fingerprint density at radius 2 is 1.76 bits per heavy atom. The van der Waals surface area contributed by atoms with Crippen molar-refractivity contribution >= 4 is 17.1 Å². The van der Waals surface area contributed by atoms with Crippen LogP contribution in [0, 0.1) is 0 Å². The van der Waals surface area contributed by atoms with Gasteiger partial charge in [0, 0.05) is 46.8 Å². The predicted molar refractivity (Wildman–Crippen MR) is 129 cm³/mol. The van der Waals surface area contributed by atoms with E-state index < -0.39 is 0 Å². The molecule has 1 fully saturated rings. The lowest BCUT2D eigenvalue weighted by Crippen LogP contribution is -2.48. The molecule has 0 unspecified atom stereocenters. The monoisotopic (exact) mass is 470 g/mol. The molecule has 0 bridgehead atoms. The molecule has 1 aliphatic rings.